The summed E-state index contributed by atoms with van der Waals surface area (Å²) in [6.45, 7) is 0. The summed E-state index contributed by atoms with van der Waals surface area (Å²) in [5.74, 6) is -0.457. The van der Waals surface area contributed by atoms with E-state index in [2.05, 4.69) is 15.6 Å². The first-order valence-corrected chi connectivity index (χ1v) is 8.06. The molecule has 0 radical (unpaired) electrons. The van der Waals surface area contributed by atoms with Crippen molar-refractivity contribution >= 4 is 17.6 Å². The Kier molecular flexibility index (Phi) is 5.04. The highest BCUT2D eigenvalue weighted by molar-refractivity contribution is 5.99. The SMILES string of the molecule is NC(CC(=O)N[C@@H]1Cc2cccnc2NC1=O)Cc1ccccc1F. The summed E-state index contributed by atoms with van der Waals surface area (Å²) >= 11 is 0. The molecule has 2 atom stereocenters. The van der Waals surface area contributed by atoms with Gasteiger partial charge in [-0.2, -0.15) is 0 Å². The number of amides is 2. The number of pyridine rings is 1. The molecule has 0 saturated heterocycles. The molecule has 6 nitrogen and oxygen atoms in total. The Bertz CT molecular complexity index is 796. The van der Waals surface area contributed by atoms with Crippen LogP contribution in [0.25, 0.3) is 0 Å². The largest absolute Gasteiger partial charge is 0.344 e. The van der Waals surface area contributed by atoms with E-state index in [9.17, 15) is 14.0 Å². The maximum absolute atomic E-state index is 13.6. The van der Waals surface area contributed by atoms with Crippen LogP contribution in [-0.2, 0) is 22.4 Å². The number of nitrogens with zero attached hydrogens (tertiary/aromatic N) is 1. The summed E-state index contributed by atoms with van der Waals surface area (Å²) in [4.78, 5) is 28.3. The first kappa shape index (κ1) is 17.0. The van der Waals surface area contributed by atoms with E-state index in [1.165, 1.54) is 6.07 Å². The smallest absolute Gasteiger partial charge is 0.248 e. The number of fused-ring (bicyclic) bond motifs is 1. The topological polar surface area (TPSA) is 97.1 Å². The molecule has 1 aromatic carbocycles. The number of carbonyl (C=O) groups is 2. The molecule has 1 aliphatic rings. The standard InChI is InChI=1S/C18H19FN4O2/c19-14-6-2-1-4-11(14)8-13(20)10-16(24)22-15-9-12-5-3-7-21-17(12)23-18(15)25/h1-7,13,15H,8-10,20H2,(H,22,24)(H,21,23,25)/t13?,15-/m1/s1. The summed E-state index contributed by atoms with van der Waals surface area (Å²) in [6, 6.07) is 8.77. The number of rotatable bonds is 5. The second-order valence-electron chi connectivity index (χ2n) is 6.08. The summed E-state index contributed by atoms with van der Waals surface area (Å²) < 4.78 is 13.6. The number of hydrogen-bond donors (Lipinski definition) is 3. The van der Waals surface area contributed by atoms with Gasteiger partial charge in [0.1, 0.15) is 17.7 Å². The van der Waals surface area contributed by atoms with Gasteiger partial charge in [-0.25, -0.2) is 9.37 Å². The Morgan fingerprint density at radius 3 is 2.96 bits per heavy atom. The third kappa shape index (κ3) is 4.19. The zero-order chi connectivity index (χ0) is 17.8. The number of benzene rings is 1. The summed E-state index contributed by atoms with van der Waals surface area (Å²) in [5, 5.41) is 5.36. The molecule has 2 aromatic rings. The van der Waals surface area contributed by atoms with Crippen LogP contribution in [0.1, 0.15) is 17.5 Å². The average molecular weight is 342 g/mol. The van der Waals surface area contributed by atoms with Gasteiger partial charge in [-0.1, -0.05) is 24.3 Å². The molecule has 2 amide bonds. The van der Waals surface area contributed by atoms with Crippen LogP contribution >= 0.6 is 0 Å². The maximum Gasteiger partial charge on any atom is 0.248 e. The van der Waals surface area contributed by atoms with Gasteiger partial charge in [0.15, 0.2) is 0 Å². The molecular formula is C18H19FN4O2. The number of halogens is 1. The normalized spacial score (nSPS) is 17.4. The van der Waals surface area contributed by atoms with E-state index < -0.39 is 12.1 Å². The molecule has 1 unspecified atom stereocenters. The van der Waals surface area contributed by atoms with Crippen molar-refractivity contribution in [2.75, 3.05) is 5.32 Å². The van der Waals surface area contributed by atoms with Crippen molar-refractivity contribution in [3.05, 3.63) is 59.5 Å². The van der Waals surface area contributed by atoms with Gasteiger partial charge < -0.3 is 16.4 Å². The molecule has 25 heavy (non-hydrogen) atoms. The van der Waals surface area contributed by atoms with E-state index in [1.54, 1.807) is 30.5 Å². The molecule has 3 rings (SSSR count). The lowest BCUT2D eigenvalue weighted by molar-refractivity contribution is -0.126. The third-order valence-corrected chi connectivity index (χ3v) is 4.10. The van der Waals surface area contributed by atoms with Crippen LogP contribution in [0.2, 0.25) is 0 Å². The molecule has 0 bridgehead atoms. The van der Waals surface area contributed by atoms with Crippen LogP contribution in [-0.4, -0.2) is 28.9 Å². The lowest BCUT2D eigenvalue weighted by atomic mass is 10.0. The lowest BCUT2D eigenvalue weighted by Crippen LogP contribution is -2.49. The van der Waals surface area contributed by atoms with E-state index in [0.29, 0.717) is 17.8 Å². The Balaban J connectivity index is 1.56. The predicted molar refractivity (Wildman–Crippen MR) is 91.2 cm³/mol. The fourth-order valence-electron chi connectivity index (χ4n) is 2.86. The molecule has 0 aliphatic carbocycles. The molecule has 130 valence electrons. The number of aromatic nitrogens is 1. The fraction of sp³-hybridized carbons (Fsp3) is 0.278. The Labute approximate surface area is 144 Å². The molecule has 0 fully saturated rings. The second-order valence-corrected chi connectivity index (χ2v) is 6.08. The minimum Gasteiger partial charge on any atom is -0.344 e. The maximum atomic E-state index is 13.6. The van der Waals surface area contributed by atoms with Crippen LogP contribution < -0.4 is 16.4 Å². The third-order valence-electron chi connectivity index (χ3n) is 4.10. The van der Waals surface area contributed by atoms with Gasteiger partial charge in [0.05, 0.1) is 0 Å². The Morgan fingerprint density at radius 2 is 2.16 bits per heavy atom. The molecule has 4 N–H and O–H groups in total. The highest BCUT2D eigenvalue weighted by atomic mass is 19.1. The summed E-state index contributed by atoms with van der Waals surface area (Å²) in [6.07, 6.45) is 2.24. The predicted octanol–water partition coefficient (Wildman–Crippen LogP) is 1.16. The van der Waals surface area contributed by atoms with Crippen molar-refractivity contribution in [1.82, 2.24) is 10.3 Å². The number of carbonyl (C=O) groups excluding carboxylic acids is 2. The second kappa shape index (κ2) is 7.40. The molecule has 1 aliphatic heterocycles. The van der Waals surface area contributed by atoms with Gasteiger partial charge in [-0.15, -0.1) is 0 Å². The molecule has 0 spiro atoms. The minimum atomic E-state index is -0.662. The van der Waals surface area contributed by atoms with Crippen LogP contribution in [0.15, 0.2) is 42.6 Å². The number of nitrogens with two attached hydrogens (primary N) is 1. The van der Waals surface area contributed by atoms with Crippen molar-refractivity contribution in [2.45, 2.75) is 31.3 Å². The molecule has 0 saturated carbocycles. The molecular weight excluding hydrogens is 323 g/mol. The van der Waals surface area contributed by atoms with Crippen molar-refractivity contribution in [3.63, 3.8) is 0 Å². The van der Waals surface area contributed by atoms with E-state index in [1.807, 2.05) is 6.07 Å². The number of hydrogen-bond acceptors (Lipinski definition) is 4. The van der Waals surface area contributed by atoms with Crippen molar-refractivity contribution in [1.29, 1.82) is 0 Å². The first-order valence-electron chi connectivity index (χ1n) is 8.06. The highest BCUT2D eigenvalue weighted by Gasteiger charge is 2.28. The highest BCUT2D eigenvalue weighted by Crippen LogP contribution is 2.19. The molecule has 1 aromatic heterocycles. The van der Waals surface area contributed by atoms with Gasteiger partial charge in [0.25, 0.3) is 0 Å². The van der Waals surface area contributed by atoms with Crippen LogP contribution in [0.5, 0.6) is 0 Å². The molecule has 7 heteroatoms. The van der Waals surface area contributed by atoms with E-state index in [0.717, 1.165) is 5.56 Å². The zero-order valence-electron chi connectivity index (χ0n) is 13.5. The van der Waals surface area contributed by atoms with Crippen LogP contribution in [0, 0.1) is 5.82 Å². The van der Waals surface area contributed by atoms with Crippen molar-refractivity contribution in [3.8, 4) is 0 Å². The Morgan fingerprint density at radius 1 is 1.36 bits per heavy atom. The van der Waals surface area contributed by atoms with Crippen LogP contribution in [0.4, 0.5) is 10.2 Å². The monoisotopic (exact) mass is 342 g/mol. The first-order chi connectivity index (χ1) is 12.0. The van der Waals surface area contributed by atoms with E-state index in [4.69, 9.17) is 5.73 Å². The summed E-state index contributed by atoms with van der Waals surface area (Å²) in [5.41, 5.74) is 7.29. The van der Waals surface area contributed by atoms with Gasteiger partial charge in [-0.3, -0.25) is 9.59 Å². The van der Waals surface area contributed by atoms with Gasteiger partial charge in [0, 0.05) is 25.1 Å². The minimum absolute atomic E-state index is 0.0119. The fourth-order valence-corrected chi connectivity index (χ4v) is 2.86. The van der Waals surface area contributed by atoms with Crippen LogP contribution in [0.3, 0.4) is 0 Å². The van der Waals surface area contributed by atoms with Crippen molar-refractivity contribution in [2.24, 2.45) is 5.73 Å². The van der Waals surface area contributed by atoms with Gasteiger partial charge >= 0.3 is 0 Å². The number of anilines is 1. The quantitative estimate of drug-likeness (QED) is 0.759. The lowest BCUT2D eigenvalue weighted by Gasteiger charge is -2.25. The summed E-state index contributed by atoms with van der Waals surface area (Å²) in [7, 11) is 0. The van der Waals surface area contributed by atoms with Gasteiger partial charge in [-0.05, 0) is 29.7 Å². The average Bonchev–Trinajstić information content (AvgIpc) is 2.57. The molecule has 2 heterocycles. The zero-order valence-corrected chi connectivity index (χ0v) is 13.5. The van der Waals surface area contributed by atoms with Gasteiger partial charge in [0.2, 0.25) is 11.8 Å². The van der Waals surface area contributed by atoms with E-state index >= 15 is 0 Å². The Hall–Kier alpha value is -2.80. The number of nitrogens with one attached hydrogen (secondary N) is 2. The van der Waals surface area contributed by atoms with E-state index in [-0.39, 0.29) is 30.5 Å². The van der Waals surface area contributed by atoms with Crippen molar-refractivity contribution < 1.29 is 14.0 Å².